The van der Waals surface area contributed by atoms with Gasteiger partial charge in [0, 0.05) is 23.9 Å². The molecule has 0 rings (SSSR count). The first kappa shape index (κ1) is 10.4. The summed E-state index contributed by atoms with van der Waals surface area (Å²) in [5.41, 5.74) is 0. The van der Waals surface area contributed by atoms with Gasteiger partial charge in [-0.3, -0.25) is 10.1 Å². The van der Waals surface area contributed by atoms with E-state index < -0.39 is 0 Å². The topological polar surface area (TPSA) is 46.4 Å². The third-order valence-electron chi connectivity index (χ3n) is 1.73. The molecule has 0 fully saturated rings. The summed E-state index contributed by atoms with van der Waals surface area (Å²) in [6.07, 6.45) is 0.641. The van der Waals surface area contributed by atoms with Gasteiger partial charge in [-0.05, 0) is 20.9 Å². The Morgan fingerprint density at radius 1 is 1.55 bits per heavy atom. The Morgan fingerprint density at radius 2 is 2.09 bits per heavy atom. The van der Waals surface area contributed by atoms with Gasteiger partial charge in [-0.25, -0.2) is 0 Å². The first-order valence-electron chi connectivity index (χ1n) is 3.86. The molecule has 0 saturated heterocycles. The van der Waals surface area contributed by atoms with Crippen LogP contribution in [0.5, 0.6) is 0 Å². The third kappa shape index (κ3) is 5.79. The van der Waals surface area contributed by atoms with Crippen LogP contribution in [0.4, 0.5) is 0 Å². The maximum absolute atomic E-state index is 9.94. The molecule has 0 aliphatic heterocycles. The molecule has 0 N–H and O–H groups in total. The first-order valence-corrected chi connectivity index (χ1v) is 3.86. The van der Waals surface area contributed by atoms with Crippen molar-refractivity contribution >= 4 is 0 Å². The molecule has 0 aliphatic rings. The predicted octanol–water partition coefficient (Wildman–Crippen LogP) is 0.993. The van der Waals surface area contributed by atoms with Crippen molar-refractivity contribution in [3.8, 4) is 0 Å². The summed E-state index contributed by atoms with van der Waals surface area (Å²) in [6.45, 7) is 5.04. The van der Waals surface area contributed by atoms with Crippen molar-refractivity contribution in [2.45, 2.75) is 26.3 Å². The Balaban J connectivity index is 3.31. The molecule has 0 aromatic carbocycles. The van der Waals surface area contributed by atoms with Gasteiger partial charge in [0.2, 0.25) is 6.54 Å². The fourth-order valence-corrected chi connectivity index (χ4v) is 0.707. The second-order valence-corrected chi connectivity index (χ2v) is 2.98. The fourth-order valence-electron chi connectivity index (χ4n) is 0.707. The second-order valence-electron chi connectivity index (χ2n) is 2.98. The van der Waals surface area contributed by atoms with E-state index in [-0.39, 0.29) is 11.5 Å². The van der Waals surface area contributed by atoms with Crippen molar-refractivity contribution in [1.29, 1.82) is 0 Å². The van der Waals surface area contributed by atoms with Crippen LogP contribution in [0.3, 0.4) is 0 Å². The fraction of sp³-hybridized carbons (Fsp3) is 1.00. The van der Waals surface area contributed by atoms with Gasteiger partial charge in [0.05, 0.1) is 0 Å². The molecule has 11 heavy (non-hydrogen) atoms. The van der Waals surface area contributed by atoms with Crippen LogP contribution in [0.2, 0.25) is 0 Å². The van der Waals surface area contributed by atoms with E-state index >= 15 is 0 Å². The number of hydrogen-bond acceptors (Lipinski definition) is 3. The minimum absolute atomic E-state index is 0.0804. The summed E-state index contributed by atoms with van der Waals surface area (Å²) in [7, 11) is 1.98. The zero-order valence-corrected chi connectivity index (χ0v) is 7.41. The van der Waals surface area contributed by atoms with Crippen LogP contribution in [0.15, 0.2) is 0 Å². The average molecular weight is 160 g/mol. The van der Waals surface area contributed by atoms with Crippen molar-refractivity contribution in [2.24, 2.45) is 0 Å². The highest BCUT2D eigenvalue weighted by Crippen LogP contribution is 1.94. The lowest BCUT2D eigenvalue weighted by atomic mass is 10.3. The Hall–Kier alpha value is -0.640. The van der Waals surface area contributed by atoms with Gasteiger partial charge in [0.15, 0.2) is 0 Å². The van der Waals surface area contributed by atoms with E-state index in [1.807, 2.05) is 7.05 Å². The molecule has 0 bridgehead atoms. The highest BCUT2D eigenvalue weighted by Gasteiger charge is 2.04. The maximum Gasteiger partial charge on any atom is 0.205 e. The molecular weight excluding hydrogens is 144 g/mol. The minimum atomic E-state index is -0.270. The number of nitro groups is 1. The summed E-state index contributed by atoms with van der Waals surface area (Å²) in [6, 6.07) is 0.474. The van der Waals surface area contributed by atoms with Crippen LogP contribution in [-0.4, -0.2) is 36.0 Å². The Morgan fingerprint density at radius 3 is 2.45 bits per heavy atom. The normalized spacial score (nSPS) is 11.0. The molecule has 0 saturated carbocycles. The van der Waals surface area contributed by atoms with E-state index in [0.29, 0.717) is 12.5 Å². The third-order valence-corrected chi connectivity index (χ3v) is 1.73. The lowest BCUT2D eigenvalue weighted by molar-refractivity contribution is -0.480. The first-order chi connectivity index (χ1) is 5.04. The quantitative estimate of drug-likeness (QED) is 0.445. The largest absolute Gasteiger partial charge is 0.304 e. The van der Waals surface area contributed by atoms with Gasteiger partial charge in [-0.15, -0.1) is 0 Å². The molecule has 66 valence electrons. The second kappa shape index (κ2) is 5.07. The number of rotatable bonds is 5. The van der Waals surface area contributed by atoms with Gasteiger partial charge >= 0.3 is 0 Å². The molecule has 0 spiro atoms. The van der Waals surface area contributed by atoms with Crippen LogP contribution in [0.25, 0.3) is 0 Å². The van der Waals surface area contributed by atoms with Crippen molar-refractivity contribution in [2.75, 3.05) is 20.1 Å². The summed E-state index contributed by atoms with van der Waals surface area (Å²) in [4.78, 5) is 11.8. The molecule has 0 atom stereocenters. The highest BCUT2D eigenvalue weighted by atomic mass is 16.6. The molecule has 0 radical (unpaired) electrons. The van der Waals surface area contributed by atoms with Crippen LogP contribution in [-0.2, 0) is 0 Å². The van der Waals surface area contributed by atoms with E-state index in [0.717, 1.165) is 6.54 Å². The lowest BCUT2D eigenvalue weighted by Gasteiger charge is -2.19. The van der Waals surface area contributed by atoms with E-state index in [1.54, 1.807) is 0 Å². The molecule has 0 aromatic heterocycles. The Bertz CT molecular complexity index is 126. The van der Waals surface area contributed by atoms with Gasteiger partial charge in [0.25, 0.3) is 0 Å². The van der Waals surface area contributed by atoms with E-state index in [1.165, 1.54) is 0 Å². The van der Waals surface area contributed by atoms with Crippen LogP contribution < -0.4 is 0 Å². The summed E-state index contributed by atoms with van der Waals surface area (Å²) < 4.78 is 0. The highest BCUT2D eigenvalue weighted by molar-refractivity contribution is 4.55. The summed E-state index contributed by atoms with van der Waals surface area (Å²) in [5, 5.41) is 9.94. The van der Waals surface area contributed by atoms with E-state index in [2.05, 4.69) is 18.7 Å². The Labute approximate surface area is 67.3 Å². The minimum Gasteiger partial charge on any atom is -0.304 e. The molecule has 0 heterocycles. The SMILES string of the molecule is CC(C)N(C)CCC[N+](=O)[O-]. The zero-order chi connectivity index (χ0) is 8.85. The van der Waals surface area contributed by atoms with Crippen molar-refractivity contribution in [3.05, 3.63) is 10.1 Å². The molecule has 4 heteroatoms. The van der Waals surface area contributed by atoms with E-state index in [9.17, 15) is 10.1 Å². The average Bonchev–Trinajstić information content (AvgIpc) is 1.86. The molecule has 4 nitrogen and oxygen atoms in total. The Kier molecular flexibility index (Phi) is 4.77. The van der Waals surface area contributed by atoms with Gasteiger partial charge < -0.3 is 4.90 Å². The molecule has 0 aliphatic carbocycles. The van der Waals surface area contributed by atoms with Gasteiger partial charge in [-0.1, -0.05) is 0 Å². The predicted molar refractivity (Wildman–Crippen MR) is 44.2 cm³/mol. The molecule has 0 aromatic rings. The van der Waals surface area contributed by atoms with Crippen LogP contribution in [0.1, 0.15) is 20.3 Å². The number of nitrogens with zero attached hydrogens (tertiary/aromatic N) is 2. The van der Waals surface area contributed by atoms with Crippen molar-refractivity contribution < 1.29 is 4.92 Å². The summed E-state index contributed by atoms with van der Waals surface area (Å²) in [5.74, 6) is 0. The monoisotopic (exact) mass is 160 g/mol. The van der Waals surface area contributed by atoms with E-state index in [4.69, 9.17) is 0 Å². The van der Waals surface area contributed by atoms with Gasteiger partial charge in [-0.2, -0.15) is 0 Å². The van der Waals surface area contributed by atoms with Crippen LogP contribution >= 0.6 is 0 Å². The smallest absolute Gasteiger partial charge is 0.205 e. The standard InChI is InChI=1S/C7H16N2O2/c1-7(2)8(3)5-4-6-9(10)11/h7H,4-6H2,1-3H3. The van der Waals surface area contributed by atoms with Crippen LogP contribution in [0, 0.1) is 10.1 Å². The number of hydrogen-bond donors (Lipinski definition) is 0. The molecule has 0 unspecified atom stereocenters. The molecule has 0 amide bonds. The molecular formula is C7H16N2O2. The van der Waals surface area contributed by atoms with Crippen molar-refractivity contribution in [3.63, 3.8) is 0 Å². The van der Waals surface area contributed by atoms with Crippen molar-refractivity contribution in [1.82, 2.24) is 4.90 Å². The maximum atomic E-state index is 9.94. The lowest BCUT2D eigenvalue weighted by Crippen LogP contribution is -2.28. The summed E-state index contributed by atoms with van der Waals surface area (Å²) >= 11 is 0. The zero-order valence-electron chi connectivity index (χ0n) is 7.41. The van der Waals surface area contributed by atoms with Gasteiger partial charge in [0.1, 0.15) is 0 Å².